The Labute approximate surface area is 167 Å². The van der Waals surface area contributed by atoms with Gasteiger partial charge < -0.3 is 10.2 Å². The number of aromatic nitrogens is 2. The molecule has 3 rings (SSSR count). The average Bonchev–Trinajstić information content (AvgIpc) is 3.15. The van der Waals surface area contributed by atoms with Crippen molar-refractivity contribution in [2.75, 3.05) is 0 Å². The van der Waals surface area contributed by atoms with Gasteiger partial charge in [-0.3, -0.25) is 14.9 Å². The van der Waals surface area contributed by atoms with Gasteiger partial charge in [0.1, 0.15) is 22.5 Å². The van der Waals surface area contributed by atoms with Gasteiger partial charge in [0, 0.05) is 12.0 Å². The summed E-state index contributed by atoms with van der Waals surface area (Å²) in [5, 5.41) is 41.5. The number of carboxylic acid groups (broad SMARTS) is 2. The van der Waals surface area contributed by atoms with Gasteiger partial charge in [0.25, 0.3) is 0 Å². The van der Waals surface area contributed by atoms with E-state index in [1.165, 1.54) is 0 Å². The molecule has 29 heavy (non-hydrogen) atoms. The number of benzene rings is 1. The number of nitriles is 1. The van der Waals surface area contributed by atoms with Crippen LogP contribution in [0.3, 0.4) is 0 Å². The molecule has 0 aliphatic carbocycles. The molecule has 0 spiro atoms. The zero-order chi connectivity index (χ0) is 21.6. The SMILES string of the molecule is CCC1(C(=O)O)C(C#N)NC(C)C(C(=O)O)(C(C)C)C1c1cccc2nonc12. The van der Waals surface area contributed by atoms with Crippen molar-refractivity contribution in [3.8, 4) is 6.07 Å². The monoisotopic (exact) mass is 400 g/mol. The van der Waals surface area contributed by atoms with Crippen LogP contribution in [0.1, 0.15) is 45.6 Å². The highest BCUT2D eigenvalue weighted by molar-refractivity contribution is 5.88. The van der Waals surface area contributed by atoms with Crippen LogP contribution in [0.5, 0.6) is 0 Å². The standard InChI is InChI=1S/C20H24N4O5/c1-5-19(17(25)26)14(9-21)22-11(4)20(10(2)3,18(27)28)16(19)12-7-6-8-13-15(12)24-29-23-13/h6-8,10-11,14,16,22H,5H2,1-4H3,(H,25,26)(H,27,28). The Kier molecular flexibility index (Phi) is 5.09. The second kappa shape index (κ2) is 7.12. The fourth-order valence-corrected chi connectivity index (χ4v) is 5.32. The normalized spacial score (nSPS) is 32.2. The molecular weight excluding hydrogens is 376 g/mol. The van der Waals surface area contributed by atoms with Gasteiger partial charge >= 0.3 is 11.9 Å². The Bertz CT molecular complexity index is 996. The molecule has 0 amide bonds. The number of rotatable bonds is 5. The summed E-state index contributed by atoms with van der Waals surface area (Å²) in [5.74, 6) is -3.85. The lowest BCUT2D eigenvalue weighted by molar-refractivity contribution is -0.175. The van der Waals surface area contributed by atoms with Crippen LogP contribution in [0.15, 0.2) is 22.8 Å². The van der Waals surface area contributed by atoms with Crippen LogP contribution in [-0.2, 0) is 9.59 Å². The number of piperidine rings is 1. The number of fused-ring (bicyclic) bond motifs is 1. The Morgan fingerprint density at radius 2 is 2.00 bits per heavy atom. The summed E-state index contributed by atoms with van der Waals surface area (Å²) in [7, 11) is 0. The lowest BCUT2D eigenvalue weighted by Crippen LogP contribution is -2.71. The maximum Gasteiger partial charge on any atom is 0.312 e. The molecule has 3 N–H and O–H groups in total. The van der Waals surface area contributed by atoms with Crippen molar-refractivity contribution < 1.29 is 24.4 Å². The molecule has 0 bridgehead atoms. The molecule has 0 saturated carbocycles. The molecular formula is C20H24N4O5. The minimum absolute atomic E-state index is 0.0500. The van der Waals surface area contributed by atoms with Crippen molar-refractivity contribution in [3.63, 3.8) is 0 Å². The molecule has 2 aromatic rings. The molecule has 1 fully saturated rings. The Balaban J connectivity index is 2.50. The van der Waals surface area contributed by atoms with Crippen LogP contribution >= 0.6 is 0 Å². The molecule has 5 unspecified atom stereocenters. The van der Waals surface area contributed by atoms with E-state index in [4.69, 9.17) is 4.63 Å². The summed E-state index contributed by atoms with van der Waals surface area (Å²) < 4.78 is 4.85. The molecule has 0 radical (unpaired) electrons. The summed E-state index contributed by atoms with van der Waals surface area (Å²) in [6, 6.07) is 5.30. The molecule has 1 aromatic heterocycles. The number of aliphatic carboxylic acids is 2. The van der Waals surface area contributed by atoms with Gasteiger partial charge in [0.2, 0.25) is 0 Å². The molecule has 1 aliphatic heterocycles. The fourth-order valence-electron chi connectivity index (χ4n) is 5.32. The first-order chi connectivity index (χ1) is 13.7. The molecule has 1 aliphatic rings. The second-order valence-corrected chi connectivity index (χ2v) is 7.95. The van der Waals surface area contributed by atoms with E-state index in [-0.39, 0.29) is 6.42 Å². The average molecular weight is 400 g/mol. The first-order valence-corrected chi connectivity index (χ1v) is 9.53. The highest BCUT2D eigenvalue weighted by Gasteiger charge is 2.69. The van der Waals surface area contributed by atoms with E-state index in [1.807, 2.05) is 0 Å². The van der Waals surface area contributed by atoms with Gasteiger partial charge in [0.05, 0.1) is 11.5 Å². The summed E-state index contributed by atoms with van der Waals surface area (Å²) in [4.78, 5) is 25.6. The first kappa shape index (κ1) is 20.7. The number of nitrogens with zero attached hydrogens (tertiary/aromatic N) is 3. The third kappa shape index (κ3) is 2.55. The van der Waals surface area contributed by atoms with E-state index < -0.39 is 46.7 Å². The summed E-state index contributed by atoms with van der Waals surface area (Å²) in [5.41, 5.74) is -2.08. The number of hydrogen-bond acceptors (Lipinski definition) is 7. The predicted molar refractivity (Wildman–Crippen MR) is 102 cm³/mol. The number of carbonyl (C=O) groups is 2. The molecule has 9 heteroatoms. The second-order valence-electron chi connectivity index (χ2n) is 7.95. The minimum atomic E-state index is -1.70. The van der Waals surface area contributed by atoms with E-state index in [0.29, 0.717) is 16.6 Å². The third-order valence-corrected chi connectivity index (χ3v) is 6.71. The van der Waals surface area contributed by atoms with Crippen LogP contribution in [-0.4, -0.2) is 44.5 Å². The molecule has 1 aromatic carbocycles. The van der Waals surface area contributed by atoms with Crippen molar-refractivity contribution in [2.45, 2.75) is 52.1 Å². The van der Waals surface area contributed by atoms with E-state index in [0.717, 1.165) is 0 Å². The highest BCUT2D eigenvalue weighted by atomic mass is 16.6. The lowest BCUT2D eigenvalue weighted by Gasteiger charge is -2.57. The number of nitrogens with one attached hydrogen (secondary N) is 1. The van der Waals surface area contributed by atoms with Gasteiger partial charge in [-0.1, -0.05) is 32.9 Å². The van der Waals surface area contributed by atoms with E-state index in [1.54, 1.807) is 45.9 Å². The Morgan fingerprint density at radius 1 is 1.31 bits per heavy atom. The molecule has 1 saturated heterocycles. The molecule has 154 valence electrons. The van der Waals surface area contributed by atoms with Gasteiger partial charge in [-0.25, -0.2) is 4.63 Å². The van der Waals surface area contributed by atoms with Gasteiger partial charge in [-0.05, 0) is 41.2 Å². The Hall–Kier alpha value is -2.99. The predicted octanol–water partition coefficient (Wildman–Crippen LogP) is 2.40. The smallest absolute Gasteiger partial charge is 0.312 e. The van der Waals surface area contributed by atoms with Crippen molar-refractivity contribution in [1.29, 1.82) is 5.26 Å². The number of hydrogen-bond donors (Lipinski definition) is 3. The third-order valence-electron chi connectivity index (χ3n) is 6.71. The van der Waals surface area contributed by atoms with E-state index in [2.05, 4.69) is 21.7 Å². The van der Waals surface area contributed by atoms with Crippen LogP contribution < -0.4 is 5.32 Å². The van der Waals surface area contributed by atoms with Crippen LogP contribution in [0.25, 0.3) is 11.0 Å². The minimum Gasteiger partial charge on any atom is -0.481 e. The topological polar surface area (TPSA) is 149 Å². The van der Waals surface area contributed by atoms with Crippen LogP contribution in [0, 0.1) is 28.1 Å². The van der Waals surface area contributed by atoms with E-state index in [9.17, 15) is 25.1 Å². The first-order valence-electron chi connectivity index (χ1n) is 9.53. The maximum absolute atomic E-state index is 12.8. The quantitative estimate of drug-likeness (QED) is 0.687. The van der Waals surface area contributed by atoms with Gasteiger partial charge in [-0.15, -0.1) is 0 Å². The largest absolute Gasteiger partial charge is 0.481 e. The van der Waals surface area contributed by atoms with Gasteiger partial charge in [-0.2, -0.15) is 5.26 Å². The summed E-state index contributed by atoms with van der Waals surface area (Å²) in [6.45, 7) is 6.87. The molecule has 5 atom stereocenters. The maximum atomic E-state index is 12.8. The zero-order valence-electron chi connectivity index (χ0n) is 16.7. The number of carboxylic acids is 2. The van der Waals surface area contributed by atoms with Crippen LogP contribution in [0.4, 0.5) is 0 Å². The van der Waals surface area contributed by atoms with Crippen molar-refractivity contribution >= 4 is 23.0 Å². The Morgan fingerprint density at radius 3 is 2.52 bits per heavy atom. The summed E-state index contributed by atoms with van der Waals surface area (Å²) >= 11 is 0. The van der Waals surface area contributed by atoms with Crippen molar-refractivity contribution in [3.05, 3.63) is 23.8 Å². The van der Waals surface area contributed by atoms with Crippen molar-refractivity contribution in [2.24, 2.45) is 16.7 Å². The zero-order valence-corrected chi connectivity index (χ0v) is 16.7. The van der Waals surface area contributed by atoms with Crippen molar-refractivity contribution in [1.82, 2.24) is 15.6 Å². The van der Waals surface area contributed by atoms with Gasteiger partial charge in [0.15, 0.2) is 0 Å². The highest BCUT2D eigenvalue weighted by Crippen LogP contribution is 2.60. The molecule has 2 heterocycles. The fraction of sp³-hybridized carbons (Fsp3) is 0.550. The lowest BCUT2D eigenvalue weighted by atomic mass is 9.48. The van der Waals surface area contributed by atoms with E-state index >= 15 is 0 Å². The molecule has 9 nitrogen and oxygen atoms in total. The van der Waals surface area contributed by atoms with Crippen LogP contribution in [0.2, 0.25) is 0 Å². The summed E-state index contributed by atoms with van der Waals surface area (Å²) in [6.07, 6.45) is 0.0500.